The molecular weight excluding hydrogens is 392 g/mol. The molecule has 1 N–H and O–H groups in total. The highest BCUT2D eigenvalue weighted by Crippen LogP contribution is 2.29. The lowest BCUT2D eigenvalue weighted by Gasteiger charge is -2.30. The number of nitrogens with one attached hydrogen (secondary N) is 1. The van der Waals surface area contributed by atoms with E-state index in [9.17, 15) is 18.0 Å². The molecule has 9 heteroatoms. The molecule has 1 heterocycles. The van der Waals surface area contributed by atoms with Gasteiger partial charge in [0.1, 0.15) is 10.4 Å². The van der Waals surface area contributed by atoms with Crippen molar-refractivity contribution in [3.63, 3.8) is 0 Å². The molecule has 0 radical (unpaired) electrons. The third-order valence-electron chi connectivity index (χ3n) is 4.55. The summed E-state index contributed by atoms with van der Waals surface area (Å²) in [6.07, 6.45) is 1.76. The average molecular weight is 417 g/mol. The van der Waals surface area contributed by atoms with Crippen molar-refractivity contribution in [2.24, 2.45) is 5.92 Å². The van der Waals surface area contributed by atoms with Crippen molar-refractivity contribution >= 4 is 33.5 Å². The van der Waals surface area contributed by atoms with Gasteiger partial charge in [-0.15, -0.1) is 0 Å². The first kappa shape index (κ1) is 21.7. The van der Waals surface area contributed by atoms with E-state index in [0.29, 0.717) is 13.1 Å². The van der Waals surface area contributed by atoms with Gasteiger partial charge in [-0.05, 0) is 50.8 Å². The smallest absolute Gasteiger partial charge is 0.330 e. The molecule has 0 saturated carbocycles. The molecule has 1 aromatic rings. The van der Waals surface area contributed by atoms with E-state index in [1.165, 1.54) is 43.5 Å². The monoisotopic (exact) mass is 416 g/mol. The molecule has 1 aliphatic rings. The van der Waals surface area contributed by atoms with Crippen LogP contribution in [0.25, 0.3) is 0 Å². The third-order valence-corrected chi connectivity index (χ3v) is 6.90. The van der Waals surface area contributed by atoms with Crippen LogP contribution in [0.5, 0.6) is 0 Å². The van der Waals surface area contributed by atoms with Crippen LogP contribution in [0.4, 0.5) is 0 Å². The zero-order valence-corrected chi connectivity index (χ0v) is 17.5. The van der Waals surface area contributed by atoms with Crippen LogP contribution in [0.1, 0.15) is 44.0 Å². The molecule has 7 nitrogen and oxygen atoms in total. The van der Waals surface area contributed by atoms with Gasteiger partial charge in [0.15, 0.2) is 0 Å². The van der Waals surface area contributed by atoms with Gasteiger partial charge in [0.2, 0.25) is 10.0 Å². The minimum atomic E-state index is -3.82. The maximum Gasteiger partial charge on any atom is 0.330 e. The predicted molar refractivity (Wildman–Crippen MR) is 102 cm³/mol. The number of esters is 1. The number of sulfonamides is 1. The van der Waals surface area contributed by atoms with Gasteiger partial charge in [0, 0.05) is 18.7 Å². The number of piperidine rings is 1. The van der Waals surface area contributed by atoms with Gasteiger partial charge in [0.05, 0.1) is 12.1 Å². The fourth-order valence-electron chi connectivity index (χ4n) is 3.01. The lowest BCUT2D eigenvalue weighted by molar-refractivity contribution is -0.146. The van der Waals surface area contributed by atoms with Crippen molar-refractivity contribution in [1.29, 1.82) is 0 Å². The van der Waals surface area contributed by atoms with E-state index >= 15 is 0 Å². The van der Waals surface area contributed by atoms with Crippen molar-refractivity contribution in [2.45, 2.75) is 44.0 Å². The highest BCUT2D eigenvalue weighted by molar-refractivity contribution is 7.89. The number of amides is 1. The minimum Gasteiger partial charge on any atom is -0.467 e. The first-order chi connectivity index (χ1) is 12.5. The number of rotatable bonds is 5. The molecule has 2 rings (SSSR count). The van der Waals surface area contributed by atoms with E-state index < -0.39 is 27.4 Å². The maximum absolute atomic E-state index is 13.0. The Morgan fingerprint density at radius 1 is 1.33 bits per heavy atom. The van der Waals surface area contributed by atoms with E-state index in [2.05, 4.69) is 10.1 Å². The second-order valence-electron chi connectivity index (χ2n) is 7.33. The number of halogens is 1. The Morgan fingerprint density at radius 3 is 2.59 bits per heavy atom. The topological polar surface area (TPSA) is 92.8 Å². The molecule has 1 fully saturated rings. The van der Waals surface area contributed by atoms with Crippen molar-refractivity contribution < 1.29 is 22.7 Å². The quantitative estimate of drug-likeness (QED) is 0.744. The Morgan fingerprint density at radius 2 is 2.00 bits per heavy atom. The number of hydrogen-bond acceptors (Lipinski definition) is 5. The molecule has 0 bridgehead atoms. The minimum absolute atomic E-state index is 0.0528. The summed E-state index contributed by atoms with van der Waals surface area (Å²) >= 11 is 6.14. The SMILES string of the molecule is COC(=O)C(C)(C)NC(=O)c1ccc(Cl)c(S(=O)(=O)N2CCCC(C)C2)c1. The number of ether oxygens (including phenoxy) is 1. The van der Waals surface area contributed by atoms with E-state index in [-0.39, 0.29) is 21.4 Å². The fraction of sp³-hybridized carbons (Fsp3) is 0.556. The molecule has 0 aliphatic carbocycles. The van der Waals surface area contributed by atoms with Crippen LogP contribution in [0.15, 0.2) is 23.1 Å². The lowest BCUT2D eigenvalue weighted by Crippen LogP contribution is -2.50. The summed E-state index contributed by atoms with van der Waals surface area (Å²) in [6.45, 7) is 5.85. The first-order valence-corrected chi connectivity index (χ1v) is 10.5. The molecule has 0 spiro atoms. The largest absolute Gasteiger partial charge is 0.467 e. The standard InChI is InChI=1S/C18H25ClN2O5S/c1-12-6-5-9-21(11-12)27(24,25)15-10-13(7-8-14(15)19)16(22)20-18(2,3)17(23)26-4/h7-8,10,12H,5-6,9,11H2,1-4H3,(H,20,22). The molecule has 1 aromatic carbocycles. The fourth-order valence-corrected chi connectivity index (χ4v) is 5.11. The summed E-state index contributed by atoms with van der Waals surface area (Å²) in [5.41, 5.74) is -1.16. The number of methoxy groups -OCH3 is 1. The Labute approximate surface area is 165 Å². The Bertz CT molecular complexity index is 838. The first-order valence-electron chi connectivity index (χ1n) is 8.69. The average Bonchev–Trinajstić information content (AvgIpc) is 2.60. The number of carbonyl (C=O) groups is 2. The highest BCUT2D eigenvalue weighted by Gasteiger charge is 2.33. The molecule has 1 aliphatic heterocycles. The molecule has 150 valence electrons. The van der Waals surface area contributed by atoms with Crippen LogP contribution in [0.3, 0.4) is 0 Å². The van der Waals surface area contributed by atoms with Crippen LogP contribution in [0, 0.1) is 5.92 Å². The van der Waals surface area contributed by atoms with Gasteiger partial charge < -0.3 is 10.1 Å². The summed E-state index contributed by atoms with van der Waals surface area (Å²) in [7, 11) is -2.59. The van der Waals surface area contributed by atoms with Crippen LogP contribution < -0.4 is 5.32 Å². The number of carbonyl (C=O) groups excluding carboxylic acids is 2. The zero-order chi connectivity index (χ0) is 20.4. The van der Waals surface area contributed by atoms with Gasteiger partial charge >= 0.3 is 5.97 Å². The van der Waals surface area contributed by atoms with Crippen LogP contribution in [0.2, 0.25) is 5.02 Å². The second kappa shape index (κ2) is 8.16. The Kier molecular flexibility index (Phi) is 6.55. The summed E-state index contributed by atoms with van der Waals surface area (Å²) in [6, 6.07) is 4.05. The van der Waals surface area contributed by atoms with Gasteiger partial charge in [-0.3, -0.25) is 4.79 Å². The Hall–Kier alpha value is -1.64. The summed E-state index contributed by atoms with van der Waals surface area (Å²) < 4.78 is 32.1. The van der Waals surface area contributed by atoms with Crippen LogP contribution >= 0.6 is 11.6 Å². The summed E-state index contributed by atoms with van der Waals surface area (Å²) in [4.78, 5) is 24.2. The highest BCUT2D eigenvalue weighted by atomic mass is 35.5. The molecule has 0 aromatic heterocycles. The van der Waals surface area contributed by atoms with Gasteiger partial charge in [-0.25, -0.2) is 13.2 Å². The lowest BCUT2D eigenvalue weighted by atomic mass is 10.0. The Balaban J connectivity index is 2.33. The summed E-state index contributed by atoms with van der Waals surface area (Å²) in [5.74, 6) is -0.940. The van der Waals surface area contributed by atoms with Gasteiger partial charge in [-0.1, -0.05) is 18.5 Å². The number of hydrogen-bond donors (Lipinski definition) is 1. The molecular formula is C18H25ClN2O5S. The molecule has 1 atom stereocenters. The van der Waals surface area contributed by atoms with Crippen molar-refractivity contribution in [3.8, 4) is 0 Å². The van der Waals surface area contributed by atoms with Crippen LogP contribution in [-0.2, 0) is 19.6 Å². The molecule has 1 unspecified atom stereocenters. The van der Waals surface area contributed by atoms with E-state index in [1.807, 2.05) is 6.92 Å². The van der Waals surface area contributed by atoms with E-state index in [1.54, 1.807) is 0 Å². The molecule has 1 amide bonds. The van der Waals surface area contributed by atoms with Crippen LogP contribution in [-0.4, -0.2) is 50.3 Å². The van der Waals surface area contributed by atoms with Crippen molar-refractivity contribution in [1.82, 2.24) is 9.62 Å². The van der Waals surface area contributed by atoms with Crippen molar-refractivity contribution in [3.05, 3.63) is 28.8 Å². The van der Waals surface area contributed by atoms with E-state index in [0.717, 1.165) is 12.8 Å². The number of benzene rings is 1. The maximum atomic E-state index is 13.0. The van der Waals surface area contributed by atoms with Gasteiger partial charge in [0.25, 0.3) is 5.91 Å². The molecule has 1 saturated heterocycles. The third kappa shape index (κ3) is 4.80. The normalized spacial score (nSPS) is 18.8. The zero-order valence-electron chi connectivity index (χ0n) is 15.9. The number of nitrogens with zero attached hydrogens (tertiary/aromatic N) is 1. The predicted octanol–water partition coefficient (Wildman–Crippen LogP) is 2.44. The van der Waals surface area contributed by atoms with Crippen molar-refractivity contribution in [2.75, 3.05) is 20.2 Å². The second-order valence-corrected chi connectivity index (χ2v) is 9.64. The van der Waals surface area contributed by atoms with Gasteiger partial charge in [-0.2, -0.15) is 4.31 Å². The molecule has 27 heavy (non-hydrogen) atoms. The van der Waals surface area contributed by atoms with E-state index in [4.69, 9.17) is 11.6 Å². The summed E-state index contributed by atoms with van der Waals surface area (Å²) in [5, 5.41) is 2.60.